The Balaban J connectivity index is 1.52. The number of hydrogen-bond donors (Lipinski definition) is 1. The number of halogens is 1. The van der Waals surface area contributed by atoms with Crippen LogP contribution >= 0.6 is 11.6 Å². The number of fused-ring (bicyclic) bond motifs is 2. The highest BCUT2D eigenvalue weighted by molar-refractivity contribution is 6.30. The van der Waals surface area contributed by atoms with Gasteiger partial charge in [-0.15, -0.1) is 0 Å². The van der Waals surface area contributed by atoms with Gasteiger partial charge in [0, 0.05) is 17.6 Å². The molecule has 7 heteroatoms. The maximum atomic E-state index is 13.7. The minimum Gasteiger partial charge on any atom is -0.497 e. The number of urea groups is 1. The van der Waals surface area contributed by atoms with Crippen LogP contribution in [0.3, 0.4) is 0 Å². The minimum absolute atomic E-state index is 0.185. The molecule has 0 aromatic heterocycles. The number of ether oxygens (including phenoxy) is 3. The molecule has 180 valence electrons. The summed E-state index contributed by atoms with van der Waals surface area (Å²) in [5, 5.41) is 3.78. The van der Waals surface area contributed by atoms with Crippen molar-refractivity contribution >= 4 is 28.9 Å². The van der Waals surface area contributed by atoms with Crippen molar-refractivity contribution in [2.24, 2.45) is 0 Å². The molecule has 1 heterocycles. The molecule has 6 nitrogen and oxygen atoms in total. The number of carbonyl (C=O) groups excluding carboxylic acids is 1. The first-order valence-electron chi connectivity index (χ1n) is 11.5. The van der Waals surface area contributed by atoms with Gasteiger partial charge in [0.25, 0.3) is 0 Å². The first-order chi connectivity index (χ1) is 17.0. The summed E-state index contributed by atoms with van der Waals surface area (Å²) < 4.78 is 16.1. The molecule has 1 N–H and O–H groups in total. The Bertz CT molecular complexity index is 1300. The van der Waals surface area contributed by atoms with E-state index < -0.39 is 0 Å². The Morgan fingerprint density at radius 1 is 0.943 bits per heavy atom. The van der Waals surface area contributed by atoms with Crippen LogP contribution < -0.4 is 19.5 Å². The molecule has 0 spiro atoms. The predicted molar refractivity (Wildman–Crippen MR) is 138 cm³/mol. The molecule has 0 saturated carbocycles. The Morgan fingerprint density at radius 3 is 2.40 bits per heavy atom. The van der Waals surface area contributed by atoms with Gasteiger partial charge in [-0.1, -0.05) is 29.8 Å². The summed E-state index contributed by atoms with van der Waals surface area (Å²) in [5.74, 6) is 1.98. The summed E-state index contributed by atoms with van der Waals surface area (Å²) in [6.07, 6.45) is 1.55. The van der Waals surface area contributed by atoms with E-state index in [4.69, 9.17) is 25.8 Å². The highest BCUT2D eigenvalue weighted by Crippen LogP contribution is 2.47. The number of hydrogen-bond acceptors (Lipinski definition) is 4. The van der Waals surface area contributed by atoms with Crippen LogP contribution in [0.1, 0.15) is 29.2 Å². The second kappa shape index (κ2) is 9.55. The van der Waals surface area contributed by atoms with Crippen LogP contribution in [0.25, 0.3) is 5.57 Å². The average Bonchev–Trinajstić information content (AvgIpc) is 3.26. The molecule has 3 aromatic carbocycles. The molecule has 2 aliphatic rings. The molecule has 0 radical (unpaired) electrons. The molecule has 0 bridgehead atoms. The van der Waals surface area contributed by atoms with Crippen LogP contribution in [0.15, 0.2) is 66.2 Å². The van der Waals surface area contributed by atoms with E-state index in [0.29, 0.717) is 23.7 Å². The lowest BCUT2D eigenvalue weighted by Gasteiger charge is -2.38. The standard InChI is InChI=1S/C28H27ClN2O4/c1-33-20-8-5-17(6-9-20)27-24-14-18-4-7-19(29)15-23(18)22(24)12-13-31(27)28(32)30-25-11-10-21(34-2)16-26(25)35-3/h4-11,15-16,27H,12-14H2,1-3H3,(H,30,32). The molecule has 1 unspecified atom stereocenters. The Labute approximate surface area is 210 Å². The maximum absolute atomic E-state index is 13.7. The normalized spacial score (nSPS) is 16.5. The summed E-state index contributed by atoms with van der Waals surface area (Å²) in [5.41, 5.74) is 6.59. The molecule has 0 saturated heterocycles. The van der Waals surface area contributed by atoms with Crippen molar-refractivity contribution in [3.63, 3.8) is 0 Å². The lowest BCUT2D eigenvalue weighted by Crippen LogP contribution is -2.42. The smallest absolute Gasteiger partial charge is 0.322 e. The van der Waals surface area contributed by atoms with Crippen LogP contribution in [0, 0.1) is 0 Å². The van der Waals surface area contributed by atoms with Crippen molar-refractivity contribution in [2.75, 3.05) is 33.2 Å². The third kappa shape index (κ3) is 4.30. The summed E-state index contributed by atoms with van der Waals surface area (Å²) >= 11 is 6.33. The zero-order valence-electron chi connectivity index (χ0n) is 19.9. The van der Waals surface area contributed by atoms with Crippen molar-refractivity contribution in [1.29, 1.82) is 0 Å². The van der Waals surface area contributed by atoms with Gasteiger partial charge in [0.05, 0.1) is 33.1 Å². The van der Waals surface area contributed by atoms with Crippen molar-refractivity contribution in [3.8, 4) is 17.2 Å². The molecule has 35 heavy (non-hydrogen) atoms. The molecule has 0 fully saturated rings. The number of nitrogens with one attached hydrogen (secondary N) is 1. The summed E-state index contributed by atoms with van der Waals surface area (Å²) in [6.45, 7) is 0.575. The zero-order valence-corrected chi connectivity index (χ0v) is 20.7. The van der Waals surface area contributed by atoms with E-state index in [-0.39, 0.29) is 12.1 Å². The first-order valence-corrected chi connectivity index (χ1v) is 11.8. The van der Waals surface area contributed by atoms with Crippen LogP contribution in [0.4, 0.5) is 10.5 Å². The SMILES string of the molecule is COc1ccc(C2C3=C(CCN2C(=O)Nc2ccc(OC)cc2OC)c2cc(Cl)ccc2C3)cc1. The maximum Gasteiger partial charge on any atom is 0.322 e. The van der Waals surface area contributed by atoms with Crippen LogP contribution in [0.2, 0.25) is 5.02 Å². The quantitative estimate of drug-likeness (QED) is 0.452. The Kier molecular flexibility index (Phi) is 6.31. The summed E-state index contributed by atoms with van der Waals surface area (Å²) in [6, 6.07) is 19.0. The topological polar surface area (TPSA) is 60.0 Å². The molecule has 3 aromatic rings. The molecular formula is C28H27ClN2O4. The van der Waals surface area contributed by atoms with Gasteiger partial charge in [-0.05, 0) is 77.1 Å². The second-order valence-electron chi connectivity index (χ2n) is 8.60. The van der Waals surface area contributed by atoms with Crippen molar-refractivity contribution in [3.05, 3.63) is 87.9 Å². The van der Waals surface area contributed by atoms with Gasteiger partial charge in [0.1, 0.15) is 17.2 Å². The van der Waals surface area contributed by atoms with Crippen molar-refractivity contribution in [1.82, 2.24) is 4.90 Å². The molecule has 1 aliphatic heterocycles. The third-order valence-corrected chi connectivity index (χ3v) is 6.99. The summed E-state index contributed by atoms with van der Waals surface area (Å²) in [4.78, 5) is 15.6. The van der Waals surface area contributed by atoms with E-state index in [9.17, 15) is 4.79 Å². The van der Waals surface area contributed by atoms with Gasteiger partial charge in [-0.25, -0.2) is 4.79 Å². The van der Waals surface area contributed by atoms with E-state index in [2.05, 4.69) is 11.4 Å². The van der Waals surface area contributed by atoms with Gasteiger partial charge in [0.2, 0.25) is 0 Å². The van der Waals surface area contributed by atoms with E-state index >= 15 is 0 Å². The largest absolute Gasteiger partial charge is 0.497 e. The number of rotatable bonds is 5. The van der Waals surface area contributed by atoms with Gasteiger partial charge in [-0.3, -0.25) is 0 Å². The monoisotopic (exact) mass is 490 g/mol. The van der Waals surface area contributed by atoms with E-state index in [1.807, 2.05) is 41.3 Å². The lowest BCUT2D eigenvalue weighted by molar-refractivity contribution is 0.195. The fraction of sp³-hybridized carbons (Fsp3) is 0.250. The average molecular weight is 491 g/mol. The minimum atomic E-state index is -0.208. The van der Waals surface area contributed by atoms with Gasteiger partial charge < -0.3 is 24.4 Å². The van der Waals surface area contributed by atoms with Gasteiger partial charge in [0.15, 0.2) is 0 Å². The number of amides is 2. The van der Waals surface area contributed by atoms with E-state index in [1.54, 1.807) is 39.5 Å². The number of anilines is 1. The van der Waals surface area contributed by atoms with Crippen molar-refractivity contribution < 1.29 is 19.0 Å². The lowest BCUT2D eigenvalue weighted by atomic mass is 9.88. The summed E-state index contributed by atoms with van der Waals surface area (Å²) in [7, 11) is 4.82. The molecule has 1 atom stereocenters. The number of carbonyl (C=O) groups is 1. The third-order valence-electron chi connectivity index (χ3n) is 6.75. The Morgan fingerprint density at radius 2 is 1.69 bits per heavy atom. The fourth-order valence-corrected chi connectivity index (χ4v) is 5.22. The first kappa shape index (κ1) is 23.1. The second-order valence-corrected chi connectivity index (χ2v) is 9.03. The number of nitrogens with zero attached hydrogens (tertiary/aromatic N) is 1. The molecule has 1 aliphatic carbocycles. The highest BCUT2D eigenvalue weighted by atomic mass is 35.5. The van der Waals surface area contributed by atoms with Crippen LogP contribution in [-0.2, 0) is 6.42 Å². The van der Waals surface area contributed by atoms with Gasteiger partial charge in [-0.2, -0.15) is 0 Å². The van der Waals surface area contributed by atoms with E-state index in [0.717, 1.165) is 29.2 Å². The number of benzene rings is 3. The van der Waals surface area contributed by atoms with Crippen LogP contribution in [0.5, 0.6) is 17.2 Å². The Hall–Kier alpha value is -3.64. The fourth-order valence-electron chi connectivity index (χ4n) is 5.05. The van der Waals surface area contributed by atoms with Crippen molar-refractivity contribution in [2.45, 2.75) is 18.9 Å². The van der Waals surface area contributed by atoms with Gasteiger partial charge >= 0.3 is 6.03 Å². The highest BCUT2D eigenvalue weighted by Gasteiger charge is 2.38. The zero-order chi connectivity index (χ0) is 24.5. The van der Waals surface area contributed by atoms with Crippen LogP contribution in [-0.4, -0.2) is 38.8 Å². The van der Waals surface area contributed by atoms with E-state index in [1.165, 1.54) is 22.3 Å². The number of methoxy groups -OCH3 is 3. The molecule has 5 rings (SSSR count). The molecular weight excluding hydrogens is 464 g/mol. The predicted octanol–water partition coefficient (Wildman–Crippen LogP) is 6.35. The molecule has 2 amide bonds.